The van der Waals surface area contributed by atoms with Gasteiger partial charge in [-0.25, -0.2) is 0 Å². The van der Waals surface area contributed by atoms with E-state index in [0.717, 1.165) is 12.8 Å². The van der Waals surface area contributed by atoms with Gasteiger partial charge in [-0.3, -0.25) is 4.79 Å². The first-order valence-corrected chi connectivity index (χ1v) is 7.96. The Morgan fingerprint density at radius 1 is 1.37 bits per heavy atom. The van der Waals surface area contributed by atoms with Crippen LogP contribution in [-0.4, -0.2) is 23.5 Å². The molecule has 1 rings (SSSR count). The number of carbonyl (C=O) groups is 1. The van der Waals surface area contributed by atoms with Crippen LogP contribution < -0.4 is 11.1 Å². The summed E-state index contributed by atoms with van der Waals surface area (Å²) in [5, 5.41) is 3.45. The number of halogens is 1. The van der Waals surface area contributed by atoms with Crippen molar-refractivity contribution in [1.82, 2.24) is 5.32 Å². The SMILES string of the molecule is CCC(CC)(CNC(=O)c1cc(N)cc(Cl)c1)SC. The Balaban J connectivity index is 2.74. The van der Waals surface area contributed by atoms with Crippen molar-refractivity contribution < 1.29 is 4.79 Å². The molecule has 0 saturated heterocycles. The van der Waals surface area contributed by atoms with E-state index >= 15 is 0 Å². The summed E-state index contributed by atoms with van der Waals surface area (Å²) in [5.74, 6) is -0.130. The zero-order valence-corrected chi connectivity index (χ0v) is 13.2. The van der Waals surface area contributed by atoms with Crippen molar-refractivity contribution in [3.63, 3.8) is 0 Å². The minimum Gasteiger partial charge on any atom is -0.399 e. The fraction of sp³-hybridized carbons (Fsp3) is 0.500. The van der Waals surface area contributed by atoms with Crippen LogP contribution in [0.15, 0.2) is 18.2 Å². The van der Waals surface area contributed by atoms with Crippen molar-refractivity contribution in [2.45, 2.75) is 31.4 Å². The van der Waals surface area contributed by atoms with Gasteiger partial charge in [0, 0.05) is 27.6 Å². The first-order chi connectivity index (χ1) is 8.96. The molecule has 3 N–H and O–H groups in total. The number of rotatable bonds is 6. The fourth-order valence-electron chi connectivity index (χ4n) is 1.95. The molecule has 5 heteroatoms. The molecule has 19 heavy (non-hydrogen) atoms. The van der Waals surface area contributed by atoms with Gasteiger partial charge in [-0.05, 0) is 37.3 Å². The van der Waals surface area contributed by atoms with E-state index in [1.54, 1.807) is 30.0 Å². The van der Waals surface area contributed by atoms with E-state index < -0.39 is 0 Å². The Labute approximate surface area is 124 Å². The lowest BCUT2D eigenvalue weighted by molar-refractivity contribution is 0.0949. The molecular formula is C14H21ClN2OS. The van der Waals surface area contributed by atoms with Gasteiger partial charge in [0.25, 0.3) is 5.91 Å². The molecule has 106 valence electrons. The number of anilines is 1. The van der Waals surface area contributed by atoms with E-state index in [2.05, 4.69) is 25.4 Å². The van der Waals surface area contributed by atoms with Gasteiger partial charge in [-0.2, -0.15) is 11.8 Å². The number of hydrogen-bond acceptors (Lipinski definition) is 3. The maximum absolute atomic E-state index is 12.1. The van der Waals surface area contributed by atoms with Crippen LogP contribution in [-0.2, 0) is 0 Å². The van der Waals surface area contributed by atoms with Gasteiger partial charge in [0.15, 0.2) is 0 Å². The van der Waals surface area contributed by atoms with Crippen LogP contribution in [0.5, 0.6) is 0 Å². The molecule has 1 amide bonds. The highest BCUT2D eigenvalue weighted by Crippen LogP contribution is 2.29. The third-order valence-electron chi connectivity index (χ3n) is 3.48. The summed E-state index contributed by atoms with van der Waals surface area (Å²) in [5.41, 5.74) is 6.70. The molecule has 3 nitrogen and oxygen atoms in total. The maximum atomic E-state index is 12.1. The van der Waals surface area contributed by atoms with Crippen molar-refractivity contribution in [3.8, 4) is 0 Å². The molecule has 0 aliphatic rings. The lowest BCUT2D eigenvalue weighted by Gasteiger charge is -2.29. The number of hydrogen-bond donors (Lipinski definition) is 2. The zero-order valence-electron chi connectivity index (χ0n) is 11.6. The molecule has 0 heterocycles. The number of nitrogens with one attached hydrogen (secondary N) is 1. The molecule has 0 atom stereocenters. The van der Waals surface area contributed by atoms with Gasteiger partial charge in [0.1, 0.15) is 0 Å². The summed E-state index contributed by atoms with van der Waals surface area (Å²) in [4.78, 5) is 12.1. The monoisotopic (exact) mass is 300 g/mol. The molecule has 0 fully saturated rings. The second kappa shape index (κ2) is 7.06. The van der Waals surface area contributed by atoms with Crippen molar-refractivity contribution in [3.05, 3.63) is 28.8 Å². The summed E-state index contributed by atoms with van der Waals surface area (Å²) in [6.45, 7) is 4.93. The van der Waals surface area contributed by atoms with Crippen LogP contribution >= 0.6 is 23.4 Å². The van der Waals surface area contributed by atoms with Crippen molar-refractivity contribution in [2.24, 2.45) is 0 Å². The molecule has 0 unspecified atom stereocenters. The molecule has 0 aliphatic carbocycles. The highest BCUT2D eigenvalue weighted by Gasteiger charge is 2.25. The molecule has 0 spiro atoms. The quantitative estimate of drug-likeness (QED) is 0.790. The normalized spacial score (nSPS) is 11.4. The summed E-state index contributed by atoms with van der Waals surface area (Å²) in [6, 6.07) is 4.90. The van der Waals surface area contributed by atoms with Crippen LogP contribution in [0.25, 0.3) is 0 Å². The number of amides is 1. The molecule has 0 aliphatic heterocycles. The Kier molecular flexibility index (Phi) is 6.01. The summed E-state index contributed by atoms with van der Waals surface area (Å²) >= 11 is 7.70. The Bertz CT molecular complexity index is 419. The van der Waals surface area contributed by atoms with E-state index in [4.69, 9.17) is 17.3 Å². The van der Waals surface area contributed by atoms with E-state index in [1.807, 2.05) is 0 Å². The lowest BCUT2D eigenvalue weighted by atomic mass is 10.0. The van der Waals surface area contributed by atoms with Crippen LogP contribution in [0.1, 0.15) is 37.0 Å². The lowest BCUT2D eigenvalue weighted by Crippen LogP contribution is -2.39. The second-order valence-electron chi connectivity index (χ2n) is 4.55. The summed E-state index contributed by atoms with van der Waals surface area (Å²) in [6.07, 6.45) is 4.11. The predicted molar refractivity (Wildman–Crippen MR) is 85.0 cm³/mol. The molecule has 1 aromatic rings. The Hall–Kier alpha value is -0.870. The average molecular weight is 301 g/mol. The van der Waals surface area contributed by atoms with Crippen LogP contribution in [0.4, 0.5) is 5.69 Å². The Morgan fingerprint density at radius 3 is 2.47 bits per heavy atom. The molecule has 0 radical (unpaired) electrons. The number of nitrogen functional groups attached to an aromatic ring is 1. The standard InChI is InChI=1S/C14H21ClN2OS/c1-4-14(5-2,19-3)9-17-13(18)10-6-11(15)8-12(16)7-10/h6-8H,4-5,9,16H2,1-3H3,(H,17,18). The van der Waals surface area contributed by atoms with Crippen molar-refractivity contribution in [2.75, 3.05) is 18.5 Å². The minimum absolute atomic E-state index is 0.0970. The Morgan fingerprint density at radius 2 is 2.00 bits per heavy atom. The van der Waals surface area contributed by atoms with Crippen LogP contribution in [0.3, 0.4) is 0 Å². The fourth-order valence-corrected chi connectivity index (χ4v) is 2.99. The van der Waals surface area contributed by atoms with Gasteiger partial charge >= 0.3 is 0 Å². The van der Waals surface area contributed by atoms with E-state index in [-0.39, 0.29) is 10.7 Å². The average Bonchev–Trinajstić information content (AvgIpc) is 2.39. The van der Waals surface area contributed by atoms with Crippen LogP contribution in [0, 0.1) is 0 Å². The van der Waals surface area contributed by atoms with Crippen LogP contribution in [0.2, 0.25) is 5.02 Å². The molecular weight excluding hydrogens is 280 g/mol. The van der Waals surface area contributed by atoms with Gasteiger partial charge in [-0.1, -0.05) is 25.4 Å². The first kappa shape index (κ1) is 16.2. The second-order valence-corrected chi connectivity index (χ2v) is 6.26. The molecule has 1 aromatic carbocycles. The highest BCUT2D eigenvalue weighted by atomic mass is 35.5. The summed E-state index contributed by atoms with van der Waals surface area (Å²) < 4.78 is 0.0970. The third kappa shape index (κ3) is 4.32. The largest absolute Gasteiger partial charge is 0.399 e. The van der Waals surface area contributed by atoms with Gasteiger partial charge < -0.3 is 11.1 Å². The number of nitrogens with two attached hydrogens (primary N) is 1. The molecule has 0 saturated carbocycles. The maximum Gasteiger partial charge on any atom is 0.251 e. The molecule has 0 aromatic heterocycles. The smallest absolute Gasteiger partial charge is 0.251 e. The number of benzene rings is 1. The minimum atomic E-state index is -0.130. The predicted octanol–water partition coefficient (Wildman–Crippen LogP) is 3.57. The van der Waals surface area contributed by atoms with E-state index in [0.29, 0.717) is 22.8 Å². The number of carbonyl (C=O) groups excluding carboxylic acids is 1. The van der Waals surface area contributed by atoms with E-state index in [9.17, 15) is 4.79 Å². The number of thioether (sulfide) groups is 1. The third-order valence-corrected chi connectivity index (χ3v) is 5.28. The topological polar surface area (TPSA) is 55.1 Å². The van der Waals surface area contributed by atoms with E-state index in [1.165, 1.54) is 0 Å². The van der Waals surface area contributed by atoms with Gasteiger partial charge in [0.05, 0.1) is 0 Å². The van der Waals surface area contributed by atoms with Gasteiger partial charge in [-0.15, -0.1) is 0 Å². The molecule has 0 bridgehead atoms. The zero-order chi connectivity index (χ0) is 14.5. The van der Waals surface area contributed by atoms with Gasteiger partial charge in [0.2, 0.25) is 0 Å². The summed E-state index contributed by atoms with van der Waals surface area (Å²) in [7, 11) is 0. The van der Waals surface area contributed by atoms with Crippen molar-refractivity contribution >= 4 is 35.0 Å². The highest BCUT2D eigenvalue weighted by molar-refractivity contribution is 8.00. The first-order valence-electron chi connectivity index (χ1n) is 6.35. The van der Waals surface area contributed by atoms with Crippen molar-refractivity contribution in [1.29, 1.82) is 0 Å².